The average molecular weight is 288 g/mol. The molecule has 18 heavy (non-hydrogen) atoms. The number of halogens is 5. The Kier molecular flexibility index (Phi) is 4.89. The van der Waals surface area contributed by atoms with Crippen molar-refractivity contribution < 1.29 is 30.7 Å². The highest BCUT2D eigenvalue weighted by atomic mass is 32.2. The van der Waals surface area contributed by atoms with Crippen LogP contribution in [0.3, 0.4) is 0 Å². The van der Waals surface area contributed by atoms with Crippen LogP contribution in [-0.4, -0.2) is 16.6 Å². The molecule has 0 aliphatic heterocycles. The van der Waals surface area contributed by atoms with Gasteiger partial charge in [-0.2, -0.15) is 0 Å². The van der Waals surface area contributed by atoms with Gasteiger partial charge in [-0.05, 0) is 12.1 Å². The van der Waals surface area contributed by atoms with Crippen molar-refractivity contribution in [1.82, 2.24) is 5.34 Å². The summed E-state index contributed by atoms with van der Waals surface area (Å²) in [6, 6.07) is 6.31. The van der Waals surface area contributed by atoms with E-state index in [-0.39, 0.29) is 0 Å². The smallest absolute Gasteiger partial charge is 0.377 e. The van der Waals surface area contributed by atoms with E-state index in [0.717, 1.165) is 12.1 Å². The number of para-hydroxylation sites is 1. The van der Waals surface area contributed by atoms with Gasteiger partial charge >= 0.3 is 11.3 Å². The quantitative estimate of drug-likeness (QED) is 0.448. The summed E-state index contributed by atoms with van der Waals surface area (Å²) >= 11 is -3.86. The van der Waals surface area contributed by atoms with Gasteiger partial charge in [-0.25, -0.2) is 4.79 Å². The first-order valence-electron chi connectivity index (χ1n) is 4.21. The van der Waals surface area contributed by atoms with Crippen LogP contribution in [0.1, 0.15) is 0 Å². The molecule has 1 rings (SSSR count). The van der Waals surface area contributed by atoms with Crippen LogP contribution in [0.2, 0.25) is 0 Å². The molecule has 1 aromatic carbocycles. The monoisotopic (exact) mass is 288 g/mol. The van der Waals surface area contributed by atoms with E-state index in [2.05, 4.69) is 4.74 Å². The van der Waals surface area contributed by atoms with Gasteiger partial charge in [-0.3, -0.25) is 0 Å². The Morgan fingerprint density at radius 2 is 1.67 bits per heavy atom. The fourth-order valence-corrected chi connectivity index (χ4v) is 1.27. The second-order valence-corrected chi connectivity index (χ2v) is 3.47. The first-order valence-corrected chi connectivity index (χ1v) is 5.24. The zero-order chi connectivity index (χ0) is 13.7. The molecule has 0 saturated heterocycles. The molecule has 0 aliphatic rings. The van der Waals surface area contributed by atoms with Gasteiger partial charge in [0.15, 0.2) is 0 Å². The van der Waals surface area contributed by atoms with E-state index >= 15 is 0 Å². The highest BCUT2D eigenvalue weighted by Crippen LogP contribution is 2.25. The van der Waals surface area contributed by atoms with E-state index in [1.165, 1.54) is 18.2 Å². The van der Waals surface area contributed by atoms with Crippen molar-refractivity contribution in [2.75, 3.05) is 5.12 Å². The third-order valence-corrected chi connectivity index (χ3v) is 2.10. The number of carbonyl (C=O) groups is 1. The molecule has 0 radical (unpaired) electrons. The van der Waals surface area contributed by atoms with Gasteiger partial charge in [0.25, 0.3) is 0 Å². The standard InChI is InChI=1S/C8H5F5N2O2S/c9-14(6-4-2-1-3-5-6)8(18(12)13)17-7(16)15(10)11/h1-5H. The Hall–Kier alpha value is -1.84. The van der Waals surface area contributed by atoms with E-state index < -0.39 is 38.7 Å². The van der Waals surface area contributed by atoms with E-state index in [4.69, 9.17) is 0 Å². The van der Waals surface area contributed by atoms with E-state index in [1.54, 1.807) is 0 Å². The minimum atomic E-state index is -3.86. The maximum Gasteiger partial charge on any atom is 0.475 e. The summed E-state index contributed by atoms with van der Waals surface area (Å²) in [7, 11) is 0. The lowest BCUT2D eigenvalue weighted by molar-refractivity contribution is -0.116. The van der Waals surface area contributed by atoms with Gasteiger partial charge in [0.1, 0.15) is 0 Å². The zero-order valence-electron chi connectivity index (χ0n) is 8.40. The molecule has 0 saturated carbocycles. The van der Waals surface area contributed by atoms with Gasteiger partial charge in [-0.15, -0.1) is 12.9 Å². The first-order chi connectivity index (χ1) is 8.43. The number of nitrogens with zero attached hydrogens (tertiary/aromatic N) is 2. The van der Waals surface area contributed by atoms with Crippen LogP contribution in [0.25, 0.3) is 0 Å². The summed E-state index contributed by atoms with van der Waals surface area (Å²) in [6.07, 6.45) is -2.41. The molecular weight excluding hydrogens is 283 g/mol. The lowest BCUT2D eigenvalue weighted by Crippen LogP contribution is -2.29. The summed E-state index contributed by atoms with van der Waals surface area (Å²) in [5, 5.41) is -4.57. The van der Waals surface area contributed by atoms with E-state index in [9.17, 15) is 26.0 Å². The fraction of sp³-hybridized carbons (Fsp3) is 0. The van der Waals surface area contributed by atoms with Crippen molar-refractivity contribution in [1.29, 1.82) is 0 Å². The zero-order valence-corrected chi connectivity index (χ0v) is 9.21. The fourth-order valence-electron chi connectivity index (χ4n) is 0.906. The van der Waals surface area contributed by atoms with E-state index in [0.29, 0.717) is 0 Å². The predicted molar refractivity (Wildman–Crippen MR) is 55.4 cm³/mol. The summed E-state index contributed by atoms with van der Waals surface area (Å²) in [6.45, 7) is 0. The predicted octanol–water partition coefficient (Wildman–Crippen LogP) is 3.71. The molecule has 1 amide bonds. The molecule has 1 aromatic rings. The van der Waals surface area contributed by atoms with Crippen molar-refractivity contribution in [3.8, 4) is 0 Å². The molecule has 10 heteroatoms. The van der Waals surface area contributed by atoms with Crippen LogP contribution in [0, 0.1) is 0 Å². The van der Waals surface area contributed by atoms with Gasteiger partial charge in [0.2, 0.25) is 11.3 Å². The molecule has 0 bridgehead atoms. The van der Waals surface area contributed by atoms with Gasteiger partial charge in [0, 0.05) is 5.34 Å². The molecule has 0 spiro atoms. The number of hydrogen-bond donors (Lipinski definition) is 0. The first kappa shape index (κ1) is 14.2. The average Bonchev–Trinajstić information content (AvgIpc) is 2.35. The lowest BCUT2D eigenvalue weighted by Gasteiger charge is -2.15. The third-order valence-electron chi connectivity index (χ3n) is 1.59. The van der Waals surface area contributed by atoms with Crippen molar-refractivity contribution >= 4 is 28.2 Å². The Labute approximate surface area is 100 Å². The number of benzene rings is 1. The van der Waals surface area contributed by atoms with Crippen molar-refractivity contribution in [2.45, 2.75) is 0 Å². The minimum Gasteiger partial charge on any atom is -0.377 e. The van der Waals surface area contributed by atoms with Crippen LogP contribution in [0.15, 0.2) is 30.3 Å². The molecule has 0 N–H and O–H groups in total. The second kappa shape index (κ2) is 6.19. The highest BCUT2D eigenvalue weighted by molar-refractivity contribution is 8.06. The van der Waals surface area contributed by atoms with Crippen molar-refractivity contribution in [3.63, 3.8) is 0 Å². The largest absolute Gasteiger partial charge is 0.475 e. The lowest BCUT2D eigenvalue weighted by atomic mass is 10.3. The highest BCUT2D eigenvalue weighted by Gasteiger charge is 2.26. The van der Waals surface area contributed by atoms with Crippen LogP contribution in [-0.2, 0) is 4.74 Å². The Morgan fingerprint density at radius 1 is 1.11 bits per heavy atom. The molecule has 0 heterocycles. The molecule has 100 valence electrons. The number of hydrogen-bond acceptors (Lipinski definition) is 2. The SMILES string of the molecule is O=C(OC(N(F)c1ccccc1)=S(F)F)N(F)F. The number of rotatable bonds is 1. The van der Waals surface area contributed by atoms with Crippen molar-refractivity contribution in [3.05, 3.63) is 30.3 Å². The topological polar surface area (TPSA) is 32.8 Å². The van der Waals surface area contributed by atoms with Crippen LogP contribution in [0.4, 0.5) is 31.7 Å². The molecule has 4 nitrogen and oxygen atoms in total. The van der Waals surface area contributed by atoms with Crippen LogP contribution in [0.5, 0.6) is 0 Å². The Balaban J connectivity index is 2.95. The number of carbonyl (C=O) groups excluding carboxylic acids is 1. The maximum absolute atomic E-state index is 13.5. The molecule has 0 aromatic heterocycles. The summed E-state index contributed by atoms with van der Waals surface area (Å²) in [4.78, 5) is 10.4. The van der Waals surface area contributed by atoms with Gasteiger partial charge in [0.05, 0.1) is 5.69 Å². The number of ether oxygens (including phenoxy) is 1. The summed E-state index contributed by atoms with van der Waals surface area (Å²) < 4.78 is 65.2. The Morgan fingerprint density at radius 3 is 2.11 bits per heavy atom. The van der Waals surface area contributed by atoms with Crippen LogP contribution < -0.4 is 5.12 Å². The summed E-state index contributed by atoms with van der Waals surface area (Å²) in [5.74, 6) is 0. The third kappa shape index (κ3) is 3.58. The molecule has 0 aliphatic carbocycles. The molecule has 0 unspecified atom stereocenters. The Bertz CT molecular complexity index is 452. The molecule has 0 fully saturated rings. The molecule has 0 atom stereocenters. The normalized spacial score (nSPS) is 10.1. The van der Waals surface area contributed by atoms with Gasteiger partial charge < -0.3 is 4.74 Å². The summed E-state index contributed by atoms with van der Waals surface area (Å²) in [5.41, 5.74) is -0.391. The minimum absolute atomic E-state index is 0.391. The number of amides is 1. The van der Waals surface area contributed by atoms with Crippen molar-refractivity contribution in [2.24, 2.45) is 0 Å². The second-order valence-electron chi connectivity index (χ2n) is 2.70. The molecular formula is C8H5F5N2O2S. The number of anilines is 1. The van der Waals surface area contributed by atoms with Gasteiger partial charge in [-0.1, -0.05) is 31.6 Å². The van der Waals surface area contributed by atoms with Crippen LogP contribution >= 0.6 is 11.3 Å². The van der Waals surface area contributed by atoms with E-state index in [1.807, 2.05) is 0 Å². The maximum atomic E-state index is 13.5.